The third kappa shape index (κ3) is 12.0. The van der Waals surface area contributed by atoms with Gasteiger partial charge < -0.3 is 10.2 Å². The molecular formula is C16H28O2Si. The summed E-state index contributed by atoms with van der Waals surface area (Å²) >= 11 is 0. The molecule has 3 heteroatoms. The molecule has 108 valence electrons. The molecule has 0 aliphatic rings. The summed E-state index contributed by atoms with van der Waals surface area (Å²) in [6, 6.07) is 0. The fourth-order valence-corrected chi connectivity index (χ4v) is 1.96. The molecule has 0 bridgehead atoms. The van der Waals surface area contributed by atoms with Crippen molar-refractivity contribution in [1.29, 1.82) is 0 Å². The van der Waals surface area contributed by atoms with E-state index in [4.69, 9.17) is 0 Å². The molecule has 0 spiro atoms. The zero-order chi connectivity index (χ0) is 14.7. The molecule has 0 aliphatic carbocycles. The van der Waals surface area contributed by atoms with Crippen LogP contribution < -0.4 is 0 Å². The monoisotopic (exact) mass is 280 g/mol. The van der Waals surface area contributed by atoms with Crippen molar-refractivity contribution in [3.8, 4) is 11.5 Å². The maximum atomic E-state index is 9.71. The number of aliphatic hydroxyl groups is 2. The molecular weight excluding hydrogens is 252 g/mol. The Morgan fingerprint density at radius 2 is 1.79 bits per heavy atom. The Morgan fingerprint density at radius 3 is 2.37 bits per heavy atom. The molecule has 0 fully saturated rings. The first kappa shape index (κ1) is 18.2. The number of hydrogen-bond acceptors (Lipinski definition) is 2. The minimum Gasteiger partial charge on any atom is -0.390 e. The predicted molar refractivity (Wildman–Crippen MR) is 85.6 cm³/mol. The maximum absolute atomic E-state index is 9.71. The first-order chi connectivity index (χ1) is 8.87. The fourth-order valence-electron chi connectivity index (χ4n) is 1.44. The minimum absolute atomic E-state index is 0.651. The molecule has 0 aromatic heterocycles. The van der Waals surface area contributed by atoms with Crippen LogP contribution in [0.15, 0.2) is 24.3 Å². The van der Waals surface area contributed by atoms with Gasteiger partial charge in [-0.25, -0.2) is 0 Å². The van der Waals surface area contributed by atoms with Gasteiger partial charge in [0.15, 0.2) is 0 Å². The van der Waals surface area contributed by atoms with Crippen molar-refractivity contribution in [3.63, 3.8) is 0 Å². The topological polar surface area (TPSA) is 40.5 Å². The highest BCUT2D eigenvalue weighted by Crippen LogP contribution is 2.07. The van der Waals surface area contributed by atoms with Crippen LogP contribution in [-0.2, 0) is 0 Å². The number of allylic oxidation sites excluding steroid dienone is 3. The normalized spacial score (nSPS) is 15.5. The molecule has 0 heterocycles. The highest BCUT2D eigenvalue weighted by atomic mass is 28.3. The summed E-state index contributed by atoms with van der Waals surface area (Å²) in [5.41, 5.74) is 3.22. The van der Waals surface area contributed by atoms with Crippen molar-refractivity contribution in [2.24, 2.45) is 0 Å². The van der Waals surface area contributed by atoms with Crippen molar-refractivity contribution in [1.82, 2.24) is 0 Å². The Kier molecular flexibility index (Phi) is 9.59. The fraction of sp³-hybridized carbons (Fsp3) is 0.625. The van der Waals surface area contributed by atoms with Crippen molar-refractivity contribution < 1.29 is 10.2 Å². The molecule has 0 saturated heterocycles. The van der Waals surface area contributed by atoms with Gasteiger partial charge in [0.2, 0.25) is 0 Å². The third-order valence-electron chi connectivity index (χ3n) is 2.54. The lowest BCUT2D eigenvalue weighted by molar-refractivity contribution is 0.0415. The lowest BCUT2D eigenvalue weighted by Crippen LogP contribution is -2.23. The highest BCUT2D eigenvalue weighted by Gasteiger charge is 2.11. The van der Waals surface area contributed by atoms with E-state index in [9.17, 15) is 10.2 Å². The van der Waals surface area contributed by atoms with E-state index in [2.05, 4.69) is 38.0 Å². The van der Waals surface area contributed by atoms with E-state index in [-0.39, 0.29) is 0 Å². The average molecular weight is 280 g/mol. The molecule has 0 aliphatic heterocycles. The Balaban J connectivity index is 4.03. The van der Waals surface area contributed by atoms with Crippen molar-refractivity contribution in [2.45, 2.75) is 64.5 Å². The van der Waals surface area contributed by atoms with Crippen LogP contribution in [0.3, 0.4) is 0 Å². The van der Waals surface area contributed by atoms with Crippen molar-refractivity contribution in [2.75, 3.05) is 0 Å². The Bertz CT molecular complexity index is 342. The van der Waals surface area contributed by atoms with E-state index < -0.39 is 20.3 Å². The highest BCUT2D eigenvalue weighted by molar-refractivity contribution is 6.83. The van der Waals surface area contributed by atoms with Crippen molar-refractivity contribution in [3.05, 3.63) is 24.3 Å². The smallest absolute Gasteiger partial charge is 0.129 e. The van der Waals surface area contributed by atoms with Gasteiger partial charge in [0.25, 0.3) is 0 Å². The molecule has 0 aromatic carbocycles. The molecule has 19 heavy (non-hydrogen) atoms. The SMILES string of the molecule is CCCCCC(O)C(O)/C=C\C=C\C#C[Si](C)(C)C. The summed E-state index contributed by atoms with van der Waals surface area (Å²) in [5.74, 6) is 3.01. The summed E-state index contributed by atoms with van der Waals surface area (Å²) in [6.07, 6.45) is 9.32. The number of aliphatic hydroxyl groups excluding tert-OH is 2. The average Bonchev–Trinajstić information content (AvgIpc) is 2.32. The number of hydrogen-bond donors (Lipinski definition) is 2. The van der Waals surface area contributed by atoms with Crippen LogP contribution in [0.5, 0.6) is 0 Å². The second kappa shape index (κ2) is 10.0. The molecule has 0 radical (unpaired) electrons. The number of unbranched alkanes of at least 4 members (excludes halogenated alkanes) is 2. The van der Waals surface area contributed by atoms with Gasteiger partial charge >= 0.3 is 0 Å². The summed E-state index contributed by atoms with van der Waals surface area (Å²) in [5, 5.41) is 19.4. The maximum Gasteiger partial charge on any atom is 0.129 e. The summed E-state index contributed by atoms with van der Waals surface area (Å²) in [7, 11) is -1.30. The van der Waals surface area contributed by atoms with Gasteiger partial charge in [-0.1, -0.05) is 70.0 Å². The van der Waals surface area contributed by atoms with Crippen LogP contribution in [0, 0.1) is 11.5 Å². The number of rotatable bonds is 7. The third-order valence-corrected chi connectivity index (χ3v) is 3.44. The lowest BCUT2D eigenvalue weighted by Gasteiger charge is -2.13. The van der Waals surface area contributed by atoms with Crippen LogP contribution in [0.2, 0.25) is 19.6 Å². The Labute approximate surface area is 119 Å². The largest absolute Gasteiger partial charge is 0.390 e. The molecule has 0 saturated carbocycles. The van der Waals surface area contributed by atoms with E-state index in [1.807, 2.05) is 0 Å². The van der Waals surface area contributed by atoms with Crippen LogP contribution in [0.4, 0.5) is 0 Å². The zero-order valence-corrected chi connectivity index (χ0v) is 13.7. The molecule has 0 aromatic rings. The van der Waals surface area contributed by atoms with Gasteiger partial charge in [0.05, 0.1) is 12.2 Å². The molecule has 0 rings (SSSR count). The van der Waals surface area contributed by atoms with Crippen LogP contribution in [0.25, 0.3) is 0 Å². The molecule has 0 amide bonds. The molecule has 2 unspecified atom stereocenters. The first-order valence-corrected chi connectivity index (χ1v) is 10.6. The molecule has 2 atom stereocenters. The summed E-state index contributed by atoms with van der Waals surface area (Å²) in [4.78, 5) is 0. The van der Waals surface area contributed by atoms with E-state index in [0.29, 0.717) is 6.42 Å². The van der Waals surface area contributed by atoms with Gasteiger partial charge in [-0.2, -0.15) is 0 Å². The second-order valence-electron chi connectivity index (χ2n) is 5.82. The standard InChI is InChI=1S/C16H28O2Si/c1-5-6-9-12-15(17)16(18)13-10-7-8-11-14-19(2,3)4/h7-8,10,13,15-18H,5-6,9,12H2,1-4H3/b8-7+,13-10-. The second-order valence-corrected chi connectivity index (χ2v) is 10.6. The minimum atomic E-state index is -1.30. The first-order valence-electron chi connectivity index (χ1n) is 7.09. The zero-order valence-electron chi connectivity index (χ0n) is 12.7. The quantitative estimate of drug-likeness (QED) is 0.325. The van der Waals surface area contributed by atoms with Crippen LogP contribution in [-0.4, -0.2) is 30.5 Å². The Hall–Kier alpha value is -0.823. The van der Waals surface area contributed by atoms with Gasteiger partial charge in [-0.15, -0.1) is 5.54 Å². The lowest BCUT2D eigenvalue weighted by atomic mass is 10.1. The predicted octanol–water partition coefficient (Wildman–Crippen LogP) is 3.28. The summed E-state index contributed by atoms with van der Waals surface area (Å²) < 4.78 is 0. The molecule has 2 nitrogen and oxygen atoms in total. The van der Waals surface area contributed by atoms with Crippen molar-refractivity contribution >= 4 is 8.07 Å². The van der Waals surface area contributed by atoms with E-state index >= 15 is 0 Å². The van der Waals surface area contributed by atoms with Crippen LogP contribution in [0.1, 0.15) is 32.6 Å². The Morgan fingerprint density at radius 1 is 1.11 bits per heavy atom. The van der Waals surface area contributed by atoms with E-state index in [1.165, 1.54) is 0 Å². The van der Waals surface area contributed by atoms with Crippen LogP contribution >= 0.6 is 0 Å². The van der Waals surface area contributed by atoms with E-state index in [1.54, 1.807) is 24.3 Å². The van der Waals surface area contributed by atoms with Gasteiger partial charge in [0.1, 0.15) is 8.07 Å². The van der Waals surface area contributed by atoms with E-state index in [0.717, 1.165) is 19.3 Å². The van der Waals surface area contributed by atoms with Gasteiger partial charge in [0, 0.05) is 0 Å². The van der Waals surface area contributed by atoms with Gasteiger partial charge in [-0.3, -0.25) is 0 Å². The molecule has 2 N–H and O–H groups in total. The summed E-state index contributed by atoms with van der Waals surface area (Å²) in [6.45, 7) is 8.70. The van der Waals surface area contributed by atoms with Gasteiger partial charge in [-0.05, 0) is 12.5 Å².